The number of aryl methyl sites for hydroxylation is 1. The maximum atomic E-state index is 12.3. The van der Waals surface area contributed by atoms with Crippen molar-refractivity contribution >= 4 is 34.6 Å². The number of ether oxygens (including phenoxy) is 1. The van der Waals surface area contributed by atoms with Crippen molar-refractivity contribution in [3.8, 4) is 11.1 Å². The van der Waals surface area contributed by atoms with E-state index in [1.54, 1.807) is 15.8 Å². The van der Waals surface area contributed by atoms with Gasteiger partial charge in [-0.15, -0.1) is 5.10 Å². The van der Waals surface area contributed by atoms with Gasteiger partial charge in [-0.1, -0.05) is 13.8 Å². The van der Waals surface area contributed by atoms with E-state index in [0.29, 0.717) is 30.6 Å². The SMILES string of the molecule is CC(C)c1cnnc(Nc2ccc3ncc(-c4cn(C)nc4NC4CN(C(=O)OC(C)(C)C)C4)cc3n2)c1. The minimum Gasteiger partial charge on any atom is -0.444 e. The van der Waals surface area contributed by atoms with Gasteiger partial charge in [0.2, 0.25) is 0 Å². The Balaban J connectivity index is 1.33. The van der Waals surface area contributed by atoms with Crippen molar-refractivity contribution in [1.29, 1.82) is 0 Å². The van der Waals surface area contributed by atoms with Crippen LogP contribution in [0.5, 0.6) is 0 Å². The summed E-state index contributed by atoms with van der Waals surface area (Å²) in [6, 6.07) is 7.87. The van der Waals surface area contributed by atoms with E-state index in [1.807, 2.05) is 64.5 Å². The number of likely N-dealkylation sites (tertiary alicyclic amines) is 1. The summed E-state index contributed by atoms with van der Waals surface area (Å²) in [6.07, 6.45) is 5.25. The van der Waals surface area contributed by atoms with Crippen LogP contribution < -0.4 is 10.6 Å². The molecule has 2 N–H and O–H groups in total. The topological polar surface area (TPSA) is 123 Å². The summed E-state index contributed by atoms with van der Waals surface area (Å²) in [7, 11) is 1.88. The molecule has 11 nitrogen and oxygen atoms in total. The molecule has 1 saturated heterocycles. The third-order valence-electron chi connectivity index (χ3n) is 6.15. The molecule has 1 fully saturated rings. The first-order valence-corrected chi connectivity index (χ1v) is 12.7. The number of aromatic nitrogens is 6. The van der Waals surface area contributed by atoms with E-state index in [2.05, 4.69) is 44.8 Å². The quantitative estimate of drug-likeness (QED) is 0.375. The van der Waals surface area contributed by atoms with Gasteiger partial charge in [0.05, 0.1) is 23.3 Å². The van der Waals surface area contributed by atoms with Crippen molar-refractivity contribution in [2.75, 3.05) is 23.7 Å². The molecule has 11 heteroatoms. The lowest BCUT2D eigenvalue weighted by molar-refractivity contribution is 0.0104. The molecule has 198 valence electrons. The summed E-state index contributed by atoms with van der Waals surface area (Å²) in [5.74, 6) is 2.39. The lowest BCUT2D eigenvalue weighted by atomic mass is 10.1. The van der Waals surface area contributed by atoms with Gasteiger partial charge in [-0.05, 0) is 56.5 Å². The lowest BCUT2D eigenvalue weighted by Crippen LogP contribution is -2.58. The Morgan fingerprint density at radius 1 is 1.11 bits per heavy atom. The Hall–Kier alpha value is -4.28. The third-order valence-corrected chi connectivity index (χ3v) is 6.15. The normalized spacial score (nSPS) is 14.0. The van der Waals surface area contributed by atoms with Crippen LogP contribution in [0.15, 0.2) is 42.9 Å². The van der Waals surface area contributed by atoms with Crippen LogP contribution in [0.1, 0.15) is 46.1 Å². The minimum atomic E-state index is -0.512. The molecule has 38 heavy (non-hydrogen) atoms. The maximum Gasteiger partial charge on any atom is 0.410 e. The predicted octanol–water partition coefficient (Wildman–Crippen LogP) is 4.72. The number of rotatable bonds is 6. The molecule has 4 aromatic heterocycles. The van der Waals surface area contributed by atoms with Gasteiger partial charge >= 0.3 is 6.09 Å². The van der Waals surface area contributed by atoms with Crippen molar-refractivity contribution in [3.05, 3.63) is 48.4 Å². The first-order chi connectivity index (χ1) is 18.0. The molecule has 1 amide bonds. The van der Waals surface area contributed by atoms with Crippen LogP contribution in [-0.2, 0) is 11.8 Å². The van der Waals surface area contributed by atoms with Crippen molar-refractivity contribution < 1.29 is 9.53 Å². The average molecular weight is 516 g/mol. The smallest absolute Gasteiger partial charge is 0.410 e. The molecule has 0 aliphatic carbocycles. The Morgan fingerprint density at radius 2 is 1.89 bits per heavy atom. The van der Waals surface area contributed by atoms with E-state index in [4.69, 9.17) is 9.72 Å². The number of amides is 1. The molecule has 0 spiro atoms. The predicted molar refractivity (Wildman–Crippen MR) is 146 cm³/mol. The zero-order valence-corrected chi connectivity index (χ0v) is 22.6. The van der Waals surface area contributed by atoms with E-state index in [9.17, 15) is 4.79 Å². The fourth-order valence-corrected chi connectivity index (χ4v) is 4.16. The molecule has 0 unspecified atom stereocenters. The number of hydrogen-bond acceptors (Lipinski definition) is 9. The van der Waals surface area contributed by atoms with Crippen LogP contribution >= 0.6 is 0 Å². The fourth-order valence-electron chi connectivity index (χ4n) is 4.16. The third kappa shape index (κ3) is 5.66. The molecule has 1 aliphatic rings. The van der Waals surface area contributed by atoms with E-state index in [1.165, 1.54) is 0 Å². The van der Waals surface area contributed by atoms with Crippen LogP contribution in [0, 0.1) is 0 Å². The Morgan fingerprint density at radius 3 is 2.63 bits per heavy atom. The molecule has 0 bridgehead atoms. The molecule has 0 radical (unpaired) electrons. The molecule has 0 atom stereocenters. The molecular weight excluding hydrogens is 482 g/mol. The van der Waals surface area contributed by atoms with E-state index >= 15 is 0 Å². The molecule has 5 heterocycles. The largest absolute Gasteiger partial charge is 0.444 e. The van der Waals surface area contributed by atoms with Crippen LogP contribution in [0.25, 0.3) is 22.2 Å². The van der Waals surface area contributed by atoms with Gasteiger partial charge in [-0.3, -0.25) is 9.67 Å². The summed E-state index contributed by atoms with van der Waals surface area (Å²) in [6.45, 7) is 10.9. The molecule has 0 saturated carbocycles. The summed E-state index contributed by atoms with van der Waals surface area (Å²) in [5, 5.41) is 19.6. The summed E-state index contributed by atoms with van der Waals surface area (Å²) < 4.78 is 7.22. The molecule has 5 rings (SSSR count). The number of nitrogens with one attached hydrogen (secondary N) is 2. The van der Waals surface area contributed by atoms with Gasteiger partial charge in [0.1, 0.15) is 11.4 Å². The van der Waals surface area contributed by atoms with Crippen LogP contribution in [0.4, 0.5) is 22.2 Å². The van der Waals surface area contributed by atoms with E-state index in [-0.39, 0.29) is 12.1 Å². The van der Waals surface area contributed by atoms with Gasteiger partial charge < -0.3 is 20.3 Å². The number of nitrogens with zero attached hydrogens (tertiary/aromatic N) is 7. The van der Waals surface area contributed by atoms with Gasteiger partial charge in [0, 0.05) is 43.7 Å². The van der Waals surface area contributed by atoms with Crippen LogP contribution in [0.3, 0.4) is 0 Å². The van der Waals surface area contributed by atoms with Gasteiger partial charge in [-0.2, -0.15) is 10.2 Å². The van der Waals surface area contributed by atoms with Crippen molar-refractivity contribution in [2.45, 2.75) is 52.2 Å². The highest BCUT2D eigenvalue weighted by atomic mass is 16.6. The van der Waals surface area contributed by atoms with Gasteiger partial charge in [0.25, 0.3) is 0 Å². The zero-order chi connectivity index (χ0) is 27.0. The fraction of sp³-hybridized carbons (Fsp3) is 0.407. The maximum absolute atomic E-state index is 12.3. The minimum absolute atomic E-state index is 0.0845. The van der Waals surface area contributed by atoms with Gasteiger partial charge in [-0.25, -0.2) is 9.78 Å². The molecule has 1 aliphatic heterocycles. The molecule has 4 aromatic rings. The average Bonchev–Trinajstić information content (AvgIpc) is 3.19. The highest BCUT2D eigenvalue weighted by Crippen LogP contribution is 2.30. The second-order valence-electron chi connectivity index (χ2n) is 10.9. The standard InChI is InChI=1S/C27H33N9O2/c1-16(2)17-10-24(33-29-12-17)32-23-8-7-21-22(31-23)9-18(11-28-21)20-15-35(6)34-25(20)30-19-13-36(14-19)26(37)38-27(3,4)5/h7-12,15-16,19H,13-14H2,1-6H3,(H,30,34)(H,31,32,33). The Labute approximate surface area is 221 Å². The summed E-state index contributed by atoms with van der Waals surface area (Å²) in [4.78, 5) is 23.3. The van der Waals surface area contributed by atoms with Crippen molar-refractivity contribution in [2.24, 2.45) is 7.05 Å². The van der Waals surface area contributed by atoms with Crippen molar-refractivity contribution in [1.82, 2.24) is 34.8 Å². The summed E-state index contributed by atoms with van der Waals surface area (Å²) >= 11 is 0. The summed E-state index contributed by atoms with van der Waals surface area (Å²) in [5.41, 5.74) is 3.92. The number of carbonyl (C=O) groups excluding carboxylic acids is 1. The Bertz CT molecular complexity index is 1470. The highest BCUT2D eigenvalue weighted by molar-refractivity contribution is 5.84. The zero-order valence-electron chi connectivity index (χ0n) is 22.6. The Kier molecular flexibility index (Phi) is 6.60. The van der Waals surface area contributed by atoms with Crippen molar-refractivity contribution in [3.63, 3.8) is 0 Å². The second-order valence-corrected chi connectivity index (χ2v) is 10.9. The molecular formula is C27H33N9O2. The number of carbonyl (C=O) groups is 1. The first kappa shape index (κ1) is 25.4. The molecule has 0 aromatic carbocycles. The number of pyridine rings is 2. The first-order valence-electron chi connectivity index (χ1n) is 12.7. The number of anilines is 3. The highest BCUT2D eigenvalue weighted by Gasteiger charge is 2.34. The monoisotopic (exact) mass is 515 g/mol. The lowest BCUT2D eigenvalue weighted by Gasteiger charge is -2.40. The number of fused-ring (bicyclic) bond motifs is 1. The second kappa shape index (κ2) is 9.88. The number of hydrogen-bond donors (Lipinski definition) is 2. The van der Waals surface area contributed by atoms with Crippen LogP contribution in [0.2, 0.25) is 0 Å². The van der Waals surface area contributed by atoms with Gasteiger partial charge in [0.15, 0.2) is 11.6 Å². The van der Waals surface area contributed by atoms with E-state index < -0.39 is 5.60 Å². The van der Waals surface area contributed by atoms with E-state index in [0.717, 1.165) is 33.5 Å². The van der Waals surface area contributed by atoms with Crippen LogP contribution in [-0.4, -0.2) is 65.7 Å².